The molecule has 0 aromatic heterocycles. The molecule has 0 unspecified atom stereocenters. The van der Waals surface area contributed by atoms with Crippen LogP contribution < -0.4 is 5.32 Å². The number of halogens is 1. The highest BCUT2D eigenvalue weighted by Crippen LogP contribution is 2.29. The van der Waals surface area contributed by atoms with E-state index in [-0.39, 0.29) is 17.8 Å². The molecule has 2 heterocycles. The van der Waals surface area contributed by atoms with Gasteiger partial charge in [-0.3, -0.25) is 0 Å². The summed E-state index contributed by atoms with van der Waals surface area (Å²) < 4.78 is 6.01. The van der Waals surface area contributed by atoms with Crippen LogP contribution in [0.5, 0.6) is 0 Å². The summed E-state index contributed by atoms with van der Waals surface area (Å²) in [5, 5.41) is 11.5. The van der Waals surface area contributed by atoms with Crippen molar-refractivity contribution in [3.8, 4) is 0 Å². The Morgan fingerprint density at radius 1 is 1.75 bits per heavy atom. The first kappa shape index (κ1) is 7.67. The average Bonchev–Trinajstić information content (AvgIpc) is 2.53. The fourth-order valence-corrected chi connectivity index (χ4v) is 1.73. The van der Waals surface area contributed by atoms with E-state index in [2.05, 4.69) is 21.2 Å². The summed E-state index contributed by atoms with van der Waals surface area (Å²) in [5.74, 6) is -0.951. The van der Waals surface area contributed by atoms with Crippen molar-refractivity contribution in [2.75, 3.05) is 0 Å². The quantitative estimate of drug-likeness (QED) is 0.693. The zero-order valence-corrected chi connectivity index (χ0v) is 7.54. The van der Waals surface area contributed by atoms with Gasteiger partial charge in [-0.25, -0.2) is 4.79 Å². The number of fused-ring (bicyclic) bond motifs is 1. The topological polar surface area (TPSA) is 58.6 Å². The SMILES string of the molecule is O=C(O)C1=C[C@H]2OC=C(Br)[C@@H]2N1. The standard InChI is InChI=1S/C7H6BrNO3/c8-3-2-12-5-1-4(7(10)11)9-6(3)5/h1-2,5-6,9H,(H,10,11)/t5-,6+/m1/s1. The van der Waals surface area contributed by atoms with Crippen molar-refractivity contribution < 1.29 is 14.6 Å². The van der Waals surface area contributed by atoms with Gasteiger partial charge in [0.25, 0.3) is 0 Å². The number of ether oxygens (including phenoxy) is 1. The van der Waals surface area contributed by atoms with E-state index in [1.165, 1.54) is 0 Å². The van der Waals surface area contributed by atoms with Gasteiger partial charge in [-0.15, -0.1) is 0 Å². The molecule has 0 aromatic carbocycles. The van der Waals surface area contributed by atoms with Crippen LogP contribution in [0.1, 0.15) is 0 Å². The van der Waals surface area contributed by atoms with Gasteiger partial charge in [0.2, 0.25) is 0 Å². The lowest BCUT2D eigenvalue weighted by atomic mass is 10.2. The lowest BCUT2D eigenvalue weighted by molar-refractivity contribution is -0.133. The first-order valence-electron chi connectivity index (χ1n) is 3.41. The number of carboxylic acid groups (broad SMARTS) is 1. The first-order valence-corrected chi connectivity index (χ1v) is 4.20. The number of hydrogen-bond acceptors (Lipinski definition) is 3. The Morgan fingerprint density at radius 2 is 2.50 bits per heavy atom. The predicted octanol–water partition coefficient (Wildman–Crippen LogP) is 0.562. The van der Waals surface area contributed by atoms with E-state index in [0.717, 1.165) is 4.48 Å². The van der Waals surface area contributed by atoms with Gasteiger partial charge in [-0.1, -0.05) is 0 Å². The Kier molecular flexibility index (Phi) is 1.61. The zero-order valence-electron chi connectivity index (χ0n) is 5.95. The highest BCUT2D eigenvalue weighted by molar-refractivity contribution is 9.11. The summed E-state index contributed by atoms with van der Waals surface area (Å²) in [6.07, 6.45) is 2.97. The third-order valence-electron chi connectivity index (χ3n) is 1.84. The van der Waals surface area contributed by atoms with Crippen molar-refractivity contribution in [1.29, 1.82) is 0 Å². The van der Waals surface area contributed by atoms with Crippen molar-refractivity contribution in [2.24, 2.45) is 0 Å². The molecule has 2 N–H and O–H groups in total. The summed E-state index contributed by atoms with van der Waals surface area (Å²) in [7, 11) is 0. The van der Waals surface area contributed by atoms with Gasteiger partial charge in [0.05, 0.1) is 10.7 Å². The molecule has 0 amide bonds. The van der Waals surface area contributed by atoms with Crippen LogP contribution in [-0.4, -0.2) is 23.2 Å². The molecular weight excluding hydrogens is 226 g/mol. The van der Waals surface area contributed by atoms with E-state index in [4.69, 9.17) is 9.84 Å². The Balaban J connectivity index is 2.17. The molecule has 0 saturated heterocycles. The zero-order chi connectivity index (χ0) is 8.72. The predicted molar refractivity (Wildman–Crippen MR) is 44.5 cm³/mol. The van der Waals surface area contributed by atoms with Crippen LogP contribution in [0, 0.1) is 0 Å². The monoisotopic (exact) mass is 231 g/mol. The van der Waals surface area contributed by atoms with E-state index < -0.39 is 5.97 Å². The van der Waals surface area contributed by atoms with Gasteiger partial charge in [-0.2, -0.15) is 0 Å². The fourth-order valence-electron chi connectivity index (χ4n) is 1.25. The maximum atomic E-state index is 10.5. The molecule has 0 spiro atoms. The minimum atomic E-state index is -0.951. The third-order valence-corrected chi connectivity index (χ3v) is 2.52. The van der Waals surface area contributed by atoms with Crippen LogP contribution >= 0.6 is 15.9 Å². The van der Waals surface area contributed by atoms with E-state index in [0.29, 0.717) is 0 Å². The molecule has 0 fully saturated rings. The summed E-state index contributed by atoms with van der Waals surface area (Å²) in [6, 6.07) is -0.0592. The van der Waals surface area contributed by atoms with Crippen LogP contribution in [0.25, 0.3) is 0 Å². The summed E-state index contributed by atoms with van der Waals surface area (Å²) in [4.78, 5) is 10.5. The number of hydrogen-bond donors (Lipinski definition) is 2. The molecule has 0 bridgehead atoms. The van der Waals surface area contributed by atoms with Crippen LogP contribution in [0.2, 0.25) is 0 Å². The minimum Gasteiger partial charge on any atom is -0.490 e. The number of rotatable bonds is 1. The van der Waals surface area contributed by atoms with Crippen LogP contribution in [0.15, 0.2) is 22.5 Å². The van der Waals surface area contributed by atoms with Gasteiger partial charge >= 0.3 is 5.97 Å². The molecule has 5 heteroatoms. The largest absolute Gasteiger partial charge is 0.490 e. The Hall–Kier alpha value is -0.970. The number of aliphatic carboxylic acids is 1. The summed E-state index contributed by atoms with van der Waals surface area (Å²) in [6.45, 7) is 0. The molecule has 12 heavy (non-hydrogen) atoms. The van der Waals surface area contributed by atoms with E-state index in [1.807, 2.05) is 0 Å². The average molecular weight is 232 g/mol. The first-order chi connectivity index (χ1) is 5.68. The lowest BCUT2D eigenvalue weighted by Crippen LogP contribution is -2.30. The molecule has 4 nitrogen and oxygen atoms in total. The second-order valence-electron chi connectivity index (χ2n) is 2.61. The molecule has 2 atom stereocenters. The maximum Gasteiger partial charge on any atom is 0.351 e. The molecule has 0 aliphatic carbocycles. The van der Waals surface area contributed by atoms with E-state index in [1.54, 1.807) is 12.3 Å². The van der Waals surface area contributed by atoms with Crippen LogP contribution in [0.3, 0.4) is 0 Å². The molecule has 0 saturated carbocycles. The highest BCUT2D eigenvalue weighted by Gasteiger charge is 2.36. The van der Waals surface area contributed by atoms with Crippen molar-refractivity contribution >= 4 is 21.9 Å². The van der Waals surface area contributed by atoms with Gasteiger partial charge in [0.15, 0.2) is 0 Å². The molecule has 0 aromatic rings. The van der Waals surface area contributed by atoms with Gasteiger partial charge in [0.1, 0.15) is 17.8 Å². The second kappa shape index (κ2) is 2.52. The molecule has 2 rings (SSSR count). The Bertz CT molecular complexity index is 297. The lowest BCUT2D eigenvalue weighted by Gasteiger charge is -2.09. The second-order valence-corrected chi connectivity index (χ2v) is 3.53. The Labute approximate surface area is 77.0 Å². The third kappa shape index (κ3) is 1.01. The van der Waals surface area contributed by atoms with E-state index >= 15 is 0 Å². The minimum absolute atomic E-state index is 0.0592. The van der Waals surface area contributed by atoms with Crippen LogP contribution in [0.4, 0.5) is 0 Å². The summed E-state index contributed by atoms with van der Waals surface area (Å²) >= 11 is 3.27. The Morgan fingerprint density at radius 3 is 3.08 bits per heavy atom. The van der Waals surface area contributed by atoms with Crippen LogP contribution in [-0.2, 0) is 9.53 Å². The molecule has 64 valence electrons. The molecule has 0 radical (unpaired) electrons. The highest BCUT2D eigenvalue weighted by atomic mass is 79.9. The van der Waals surface area contributed by atoms with Gasteiger partial charge < -0.3 is 15.2 Å². The smallest absolute Gasteiger partial charge is 0.351 e. The number of nitrogens with one attached hydrogen (secondary N) is 1. The van der Waals surface area contributed by atoms with Gasteiger partial charge in [0, 0.05) is 0 Å². The normalized spacial score (nSPS) is 31.4. The number of carbonyl (C=O) groups is 1. The molecular formula is C7H6BrNO3. The van der Waals surface area contributed by atoms with E-state index in [9.17, 15) is 4.79 Å². The van der Waals surface area contributed by atoms with Gasteiger partial charge in [-0.05, 0) is 22.0 Å². The molecule has 2 aliphatic heterocycles. The van der Waals surface area contributed by atoms with Crippen molar-refractivity contribution in [1.82, 2.24) is 5.32 Å². The number of carboxylic acids is 1. The van der Waals surface area contributed by atoms with Crippen molar-refractivity contribution in [2.45, 2.75) is 12.1 Å². The van der Waals surface area contributed by atoms with Crippen molar-refractivity contribution in [3.63, 3.8) is 0 Å². The summed E-state index contributed by atoms with van der Waals surface area (Å²) in [5.41, 5.74) is 0.204. The maximum absolute atomic E-state index is 10.5. The van der Waals surface area contributed by atoms with Crippen molar-refractivity contribution in [3.05, 3.63) is 22.5 Å². The molecule has 2 aliphatic rings. The fraction of sp³-hybridized carbons (Fsp3) is 0.286.